The maximum absolute atomic E-state index is 11.6. The number of anilines is 1. The van der Waals surface area contributed by atoms with Crippen molar-refractivity contribution in [2.45, 2.75) is 12.5 Å². The molecule has 0 aliphatic carbocycles. The molecule has 1 atom stereocenters. The summed E-state index contributed by atoms with van der Waals surface area (Å²) in [4.78, 5) is 11.6. The van der Waals surface area contributed by atoms with Gasteiger partial charge in [-0.3, -0.25) is 4.79 Å². The van der Waals surface area contributed by atoms with Crippen molar-refractivity contribution < 1.29 is 15.0 Å². The first-order valence-electron chi connectivity index (χ1n) is 5.65. The molecule has 0 fully saturated rings. The first-order valence-corrected chi connectivity index (χ1v) is 5.65. The predicted octanol–water partition coefficient (Wildman–Crippen LogP) is -0.262. The molecule has 1 amide bonds. The van der Waals surface area contributed by atoms with Crippen LogP contribution < -0.4 is 10.6 Å². The molecule has 92 valence electrons. The minimum Gasteiger partial charge on any atom is -0.394 e. The zero-order valence-corrected chi connectivity index (χ0v) is 9.44. The van der Waals surface area contributed by atoms with E-state index in [0.717, 1.165) is 17.7 Å². The Bertz CT molecular complexity index is 420. The van der Waals surface area contributed by atoms with Gasteiger partial charge in [0.25, 0.3) is 5.91 Å². The molecule has 0 saturated heterocycles. The maximum Gasteiger partial charge on any atom is 0.251 e. The van der Waals surface area contributed by atoms with Gasteiger partial charge in [-0.05, 0) is 24.1 Å². The fourth-order valence-corrected chi connectivity index (χ4v) is 1.92. The van der Waals surface area contributed by atoms with Gasteiger partial charge in [0.15, 0.2) is 0 Å². The van der Waals surface area contributed by atoms with Crippen molar-refractivity contribution in [3.63, 3.8) is 0 Å². The Morgan fingerprint density at radius 3 is 3.06 bits per heavy atom. The van der Waals surface area contributed by atoms with Gasteiger partial charge in [0.05, 0.1) is 12.7 Å². The molecule has 0 spiro atoms. The van der Waals surface area contributed by atoms with E-state index in [2.05, 4.69) is 10.6 Å². The van der Waals surface area contributed by atoms with Crippen LogP contribution >= 0.6 is 0 Å². The van der Waals surface area contributed by atoms with Gasteiger partial charge < -0.3 is 20.8 Å². The monoisotopic (exact) mass is 236 g/mol. The molecular formula is C12H16N2O3. The summed E-state index contributed by atoms with van der Waals surface area (Å²) in [6.45, 7) is 0.629. The number of benzene rings is 1. The van der Waals surface area contributed by atoms with Crippen molar-refractivity contribution in [3.8, 4) is 0 Å². The molecule has 4 N–H and O–H groups in total. The molecule has 5 heteroatoms. The fourth-order valence-electron chi connectivity index (χ4n) is 1.92. The largest absolute Gasteiger partial charge is 0.394 e. The number of nitrogens with one attached hydrogen (secondary N) is 2. The Kier molecular flexibility index (Phi) is 3.61. The molecular weight excluding hydrogens is 220 g/mol. The lowest BCUT2D eigenvalue weighted by Crippen LogP contribution is -2.32. The van der Waals surface area contributed by atoms with Gasteiger partial charge in [0.2, 0.25) is 0 Å². The lowest BCUT2D eigenvalue weighted by Gasteiger charge is -2.21. The first-order chi connectivity index (χ1) is 8.22. The highest BCUT2D eigenvalue weighted by Gasteiger charge is 2.18. The number of fused-ring (bicyclic) bond motifs is 1. The third-order valence-electron chi connectivity index (χ3n) is 2.82. The third kappa shape index (κ3) is 2.57. The van der Waals surface area contributed by atoms with Crippen molar-refractivity contribution in [1.82, 2.24) is 5.32 Å². The number of aliphatic hydroxyl groups is 2. The van der Waals surface area contributed by atoms with Crippen LogP contribution in [0.5, 0.6) is 0 Å². The van der Waals surface area contributed by atoms with E-state index in [-0.39, 0.29) is 19.1 Å². The standard InChI is InChI=1S/C12H16N2O3/c15-7-8(16)6-14-11-3-1-2-10-9(11)4-5-13-12(10)17/h1-3,8,14-16H,4-7H2,(H,13,17). The van der Waals surface area contributed by atoms with E-state index < -0.39 is 6.10 Å². The lowest BCUT2D eigenvalue weighted by molar-refractivity contribution is 0.0946. The lowest BCUT2D eigenvalue weighted by atomic mass is 9.98. The van der Waals surface area contributed by atoms with Crippen LogP contribution in [0.15, 0.2) is 18.2 Å². The molecule has 0 radical (unpaired) electrons. The van der Waals surface area contributed by atoms with E-state index in [9.17, 15) is 9.90 Å². The second-order valence-corrected chi connectivity index (χ2v) is 4.05. The minimum atomic E-state index is -0.789. The van der Waals surface area contributed by atoms with Crippen LogP contribution in [0.25, 0.3) is 0 Å². The van der Waals surface area contributed by atoms with Gasteiger partial charge in [-0.25, -0.2) is 0 Å². The van der Waals surface area contributed by atoms with Crippen LogP contribution in [-0.2, 0) is 6.42 Å². The molecule has 1 aromatic carbocycles. The highest BCUT2D eigenvalue weighted by Crippen LogP contribution is 2.22. The average Bonchev–Trinajstić information content (AvgIpc) is 2.36. The number of hydrogen-bond acceptors (Lipinski definition) is 4. The average molecular weight is 236 g/mol. The fraction of sp³-hybridized carbons (Fsp3) is 0.417. The van der Waals surface area contributed by atoms with Crippen molar-refractivity contribution in [2.24, 2.45) is 0 Å². The number of amides is 1. The van der Waals surface area contributed by atoms with Gasteiger partial charge in [-0.15, -0.1) is 0 Å². The molecule has 0 bridgehead atoms. The Hall–Kier alpha value is -1.59. The van der Waals surface area contributed by atoms with Gasteiger partial charge in [0, 0.05) is 24.3 Å². The minimum absolute atomic E-state index is 0.0578. The van der Waals surface area contributed by atoms with E-state index in [1.807, 2.05) is 6.07 Å². The maximum atomic E-state index is 11.6. The summed E-state index contributed by atoms with van der Waals surface area (Å²) in [5.41, 5.74) is 2.51. The molecule has 1 aliphatic heterocycles. The summed E-state index contributed by atoms with van der Waals surface area (Å²) in [5.74, 6) is -0.0578. The molecule has 17 heavy (non-hydrogen) atoms. The summed E-state index contributed by atoms with van der Waals surface area (Å²) < 4.78 is 0. The molecule has 1 aromatic rings. The number of rotatable bonds is 4. The third-order valence-corrected chi connectivity index (χ3v) is 2.82. The van der Waals surface area contributed by atoms with E-state index >= 15 is 0 Å². The Morgan fingerprint density at radius 2 is 2.29 bits per heavy atom. The van der Waals surface area contributed by atoms with Crippen LogP contribution in [0.4, 0.5) is 5.69 Å². The van der Waals surface area contributed by atoms with Crippen molar-refractivity contribution in [1.29, 1.82) is 0 Å². The number of carbonyl (C=O) groups is 1. The normalized spacial score (nSPS) is 16.0. The Labute approximate surface area is 99.5 Å². The molecule has 1 heterocycles. The smallest absolute Gasteiger partial charge is 0.251 e. The summed E-state index contributed by atoms with van der Waals surface area (Å²) in [6, 6.07) is 5.47. The highest BCUT2D eigenvalue weighted by molar-refractivity contribution is 5.98. The molecule has 0 aromatic heterocycles. The second-order valence-electron chi connectivity index (χ2n) is 4.05. The molecule has 2 rings (SSSR count). The van der Waals surface area contributed by atoms with Crippen LogP contribution in [0.2, 0.25) is 0 Å². The zero-order chi connectivity index (χ0) is 12.3. The van der Waals surface area contributed by atoms with Gasteiger partial charge in [-0.1, -0.05) is 6.07 Å². The van der Waals surface area contributed by atoms with E-state index in [1.54, 1.807) is 12.1 Å². The molecule has 1 unspecified atom stereocenters. The van der Waals surface area contributed by atoms with Crippen molar-refractivity contribution >= 4 is 11.6 Å². The molecule has 0 saturated carbocycles. The van der Waals surface area contributed by atoms with Gasteiger partial charge in [0.1, 0.15) is 0 Å². The topological polar surface area (TPSA) is 81.6 Å². The zero-order valence-electron chi connectivity index (χ0n) is 9.44. The summed E-state index contributed by atoms with van der Waals surface area (Å²) in [5, 5.41) is 23.9. The van der Waals surface area contributed by atoms with Crippen molar-refractivity contribution in [2.75, 3.05) is 25.0 Å². The molecule has 5 nitrogen and oxygen atoms in total. The first kappa shape index (κ1) is 11.9. The van der Waals surface area contributed by atoms with Crippen LogP contribution in [0.3, 0.4) is 0 Å². The SMILES string of the molecule is O=C1NCCc2c(NCC(O)CO)cccc21. The predicted molar refractivity (Wildman–Crippen MR) is 64.1 cm³/mol. The quantitative estimate of drug-likeness (QED) is 0.580. The van der Waals surface area contributed by atoms with Crippen molar-refractivity contribution in [3.05, 3.63) is 29.3 Å². The van der Waals surface area contributed by atoms with E-state index in [0.29, 0.717) is 12.1 Å². The van der Waals surface area contributed by atoms with Crippen LogP contribution in [0.1, 0.15) is 15.9 Å². The van der Waals surface area contributed by atoms with Gasteiger partial charge in [-0.2, -0.15) is 0 Å². The number of aliphatic hydroxyl groups excluding tert-OH is 2. The summed E-state index contributed by atoms with van der Waals surface area (Å²) >= 11 is 0. The van der Waals surface area contributed by atoms with Crippen LogP contribution in [0, 0.1) is 0 Å². The summed E-state index contributed by atoms with van der Waals surface area (Å²) in [6.07, 6.45) is -0.0114. The Balaban J connectivity index is 2.18. The van der Waals surface area contributed by atoms with E-state index in [4.69, 9.17) is 5.11 Å². The van der Waals surface area contributed by atoms with Gasteiger partial charge >= 0.3 is 0 Å². The number of carbonyl (C=O) groups excluding carboxylic acids is 1. The number of hydrogen-bond donors (Lipinski definition) is 4. The molecule has 1 aliphatic rings. The Morgan fingerprint density at radius 1 is 1.47 bits per heavy atom. The van der Waals surface area contributed by atoms with Crippen LogP contribution in [-0.4, -0.2) is 41.9 Å². The highest BCUT2D eigenvalue weighted by atomic mass is 16.3. The second kappa shape index (κ2) is 5.16. The summed E-state index contributed by atoms with van der Waals surface area (Å²) in [7, 11) is 0. The van der Waals surface area contributed by atoms with E-state index in [1.165, 1.54) is 0 Å².